The molecular formula is C14H20ClN3O2S. The Balaban J connectivity index is 0.00000220. The number of anilines is 1. The maximum atomic E-state index is 12.2. The minimum Gasteiger partial charge on any atom is -0.369 e. The Morgan fingerprint density at radius 3 is 2.81 bits per heavy atom. The molecule has 21 heavy (non-hydrogen) atoms. The lowest BCUT2D eigenvalue weighted by Crippen LogP contribution is -2.37. The first-order chi connectivity index (χ1) is 9.66. The van der Waals surface area contributed by atoms with Gasteiger partial charge in [0.05, 0.1) is 17.4 Å². The summed E-state index contributed by atoms with van der Waals surface area (Å²) in [5, 5.41) is 6.18. The molecule has 0 saturated carbocycles. The van der Waals surface area contributed by atoms with E-state index in [0.29, 0.717) is 0 Å². The van der Waals surface area contributed by atoms with Crippen molar-refractivity contribution < 1.29 is 9.59 Å². The molecule has 1 aliphatic heterocycles. The molecule has 2 rings (SSSR count). The van der Waals surface area contributed by atoms with Crippen molar-refractivity contribution in [2.75, 3.05) is 24.2 Å². The molecule has 5 nitrogen and oxygen atoms in total. The molecule has 1 heterocycles. The van der Waals surface area contributed by atoms with E-state index in [1.807, 2.05) is 24.3 Å². The highest BCUT2D eigenvalue weighted by Crippen LogP contribution is 2.27. The van der Waals surface area contributed by atoms with E-state index in [-0.39, 0.29) is 35.9 Å². The predicted molar refractivity (Wildman–Crippen MR) is 87.8 cm³/mol. The van der Waals surface area contributed by atoms with E-state index < -0.39 is 0 Å². The van der Waals surface area contributed by atoms with Gasteiger partial charge in [0, 0.05) is 11.4 Å². The highest BCUT2D eigenvalue weighted by molar-refractivity contribution is 8.00. The quantitative estimate of drug-likeness (QED) is 0.717. The smallest absolute Gasteiger partial charge is 0.228 e. The number of nitrogens with one attached hydrogen (secondary N) is 2. The van der Waals surface area contributed by atoms with Crippen molar-refractivity contribution in [3.8, 4) is 0 Å². The maximum Gasteiger partial charge on any atom is 0.228 e. The fourth-order valence-corrected chi connectivity index (χ4v) is 2.90. The summed E-state index contributed by atoms with van der Waals surface area (Å²) in [6.07, 6.45) is 1.94. The number of halogens is 1. The van der Waals surface area contributed by atoms with E-state index >= 15 is 0 Å². The Morgan fingerprint density at radius 2 is 2.14 bits per heavy atom. The number of piperidine rings is 1. The molecule has 7 heteroatoms. The van der Waals surface area contributed by atoms with Crippen molar-refractivity contribution in [3.63, 3.8) is 0 Å². The van der Waals surface area contributed by atoms with Gasteiger partial charge in [0.25, 0.3) is 0 Å². The summed E-state index contributed by atoms with van der Waals surface area (Å²) in [5.74, 6) is -0.118. The van der Waals surface area contributed by atoms with E-state index in [2.05, 4.69) is 10.6 Å². The van der Waals surface area contributed by atoms with Gasteiger partial charge in [0.15, 0.2) is 0 Å². The van der Waals surface area contributed by atoms with E-state index in [9.17, 15) is 9.59 Å². The SMILES string of the molecule is Cl.NC(=O)CSc1ccccc1NC(=O)C1CCCNC1. The van der Waals surface area contributed by atoms with Crippen molar-refractivity contribution in [2.45, 2.75) is 17.7 Å². The number of para-hydroxylation sites is 1. The summed E-state index contributed by atoms with van der Waals surface area (Å²) in [6, 6.07) is 7.46. The van der Waals surface area contributed by atoms with Gasteiger partial charge in [-0.15, -0.1) is 24.2 Å². The summed E-state index contributed by atoms with van der Waals surface area (Å²) >= 11 is 1.34. The van der Waals surface area contributed by atoms with Crippen LogP contribution in [0.15, 0.2) is 29.2 Å². The van der Waals surface area contributed by atoms with E-state index in [0.717, 1.165) is 36.5 Å². The zero-order valence-electron chi connectivity index (χ0n) is 11.6. The largest absolute Gasteiger partial charge is 0.369 e. The molecule has 1 atom stereocenters. The molecule has 2 amide bonds. The summed E-state index contributed by atoms with van der Waals surface area (Å²) in [4.78, 5) is 23.9. The fourth-order valence-electron chi connectivity index (χ4n) is 2.16. The second-order valence-corrected chi connectivity index (χ2v) is 5.80. The van der Waals surface area contributed by atoms with Crippen LogP contribution in [0.1, 0.15) is 12.8 Å². The average Bonchev–Trinajstić information content (AvgIpc) is 2.47. The van der Waals surface area contributed by atoms with Gasteiger partial charge in [-0.2, -0.15) is 0 Å². The minimum absolute atomic E-state index is 0. The summed E-state index contributed by atoms with van der Waals surface area (Å²) < 4.78 is 0. The first-order valence-corrected chi connectivity index (χ1v) is 7.67. The zero-order valence-corrected chi connectivity index (χ0v) is 13.3. The van der Waals surface area contributed by atoms with Crippen molar-refractivity contribution in [2.24, 2.45) is 11.7 Å². The molecule has 1 aromatic carbocycles. The van der Waals surface area contributed by atoms with Gasteiger partial charge in [-0.05, 0) is 31.5 Å². The van der Waals surface area contributed by atoms with Crippen molar-refractivity contribution in [1.82, 2.24) is 5.32 Å². The van der Waals surface area contributed by atoms with Crippen LogP contribution in [0.3, 0.4) is 0 Å². The van der Waals surface area contributed by atoms with Crippen LogP contribution in [-0.4, -0.2) is 30.7 Å². The third kappa shape index (κ3) is 5.57. The third-order valence-electron chi connectivity index (χ3n) is 3.18. The highest BCUT2D eigenvalue weighted by atomic mass is 35.5. The van der Waals surface area contributed by atoms with Crippen LogP contribution >= 0.6 is 24.2 Å². The van der Waals surface area contributed by atoms with Crippen LogP contribution in [0.5, 0.6) is 0 Å². The van der Waals surface area contributed by atoms with Crippen molar-refractivity contribution in [1.29, 1.82) is 0 Å². The molecule has 0 spiro atoms. The van der Waals surface area contributed by atoms with Crippen LogP contribution in [0.4, 0.5) is 5.69 Å². The molecule has 1 fully saturated rings. The average molecular weight is 330 g/mol. The van der Waals surface area contributed by atoms with Gasteiger partial charge in [-0.1, -0.05) is 12.1 Å². The normalized spacial score (nSPS) is 17.6. The van der Waals surface area contributed by atoms with E-state index in [1.54, 1.807) is 0 Å². The van der Waals surface area contributed by atoms with Crippen LogP contribution in [-0.2, 0) is 9.59 Å². The lowest BCUT2D eigenvalue weighted by Gasteiger charge is -2.22. The number of thioether (sulfide) groups is 1. The third-order valence-corrected chi connectivity index (χ3v) is 4.28. The maximum absolute atomic E-state index is 12.2. The summed E-state index contributed by atoms with van der Waals surface area (Å²) in [5.41, 5.74) is 5.90. The number of nitrogens with two attached hydrogens (primary N) is 1. The Morgan fingerprint density at radius 1 is 1.38 bits per heavy atom. The predicted octanol–water partition coefficient (Wildman–Crippen LogP) is 1.62. The minimum atomic E-state index is -0.368. The first-order valence-electron chi connectivity index (χ1n) is 6.68. The van der Waals surface area contributed by atoms with Gasteiger partial charge in [0.2, 0.25) is 11.8 Å². The molecule has 4 N–H and O–H groups in total. The Kier molecular flexibility index (Phi) is 7.56. The standard InChI is InChI=1S/C14H19N3O2S.ClH/c15-13(18)9-20-12-6-2-1-5-11(12)17-14(19)10-4-3-7-16-8-10;/h1-2,5-6,10,16H,3-4,7-9H2,(H2,15,18)(H,17,19);1H. The summed E-state index contributed by atoms with van der Waals surface area (Å²) in [7, 11) is 0. The number of amides is 2. The Labute approximate surface area is 134 Å². The molecule has 0 aliphatic carbocycles. The molecule has 116 valence electrons. The second kappa shape index (κ2) is 8.92. The number of primary amides is 1. The van der Waals surface area contributed by atoms with Gasteiger partial charge in [-0.25, -0.2) is 0 Å². The Hall–Kier alpha value is -1.24. The van der Waals surface area contributed by atoms with Gasteiger partial charge in [0.1, 0.15) is 0 Å². The number of hydrogen-bond donors (Lipinski definition) is 3. The van der Waals surface area contributed by atoms with Gasteiger partial charge in [-0.3, -0.25) is 9.59 Å². The number of rotatable bonds is 5. The van der Waals surface area contributed by atoms with E-state index in [4.69, 9.17) is 5.73 Å². The fraction of sp³-hybridized carbons (Fsp3) is 0.429. The van der Waals surface area contributed by atoms with Gasteiger partial charge >= 0.3 is 0 Å². The van der Waals surface area contributed by atoms with Crippen LogP contribution in [0, 0.1) is 5.92 Å². The van der Waals surface area contributed by atoms with Crippen molar-refractivity contribution >= 4 is 41.7 Å². The molecule has 0 radical (unpaired) electrons. The lowest BCUT2D eigenvalue weighted by molar-refractivity contribution is -0.120. The molecule has 0 aromatic heterocycles. The molecule has 1 aliphatic rings. The topological polar surface area (TPSA) is 84.2 Å². The van der Waals surface area contributed by atoms with Gasteiger partial charge < -0.3 is 16.4 Å². The first kappa shape index (κ1) is 17.8. The van der Waals surface area contributed by atoms with E-state index in [1.165, 1.54) is 11.8 Å². The monoisotopic (exact) mass is 329 g/mol. The lowest BCUT2D eigenvalue weighted by atomic mass is 9.99. The van der Waals surface area contributed by atoms with Crippen LogP contribution < -0.4 is 16.4 Å². The van der Waals surface area contributed by atoms with Crippen LogP contribution in [0.2, 0.25) is 0 Å². The molecule has 1 saturated heterocycles. The summed E-state index contributed by atoms with van der Waals surface area (Å²) in [6.45, 7) is 1.71. The van der Waals surface area contributed by atoms with Crippen molar-refractivity contribution in [3.05, 3.63) is 24.3 Å². The zero-order chi connectivity index (χ0) is 14.4. The highest BCUT2D eigenvalue weighted by Gasteiger charge is 2.21. The molecular weight excluding hydrogens is 310 g/mol. The number of benzene rings is 1. The molecule has 0 bridgehead atoms. The molecule has 1 aromatic rings. The number of hydrogen-bond acceptors (Lipinski definition) is 4. The second-order valence-electron chi connectivity index (χ2n) is 4.78. The number of carbonyl (C=O) groups excluding carboxylic acids is 2. The van der Waals surface area contributed by atoms with Crippen LogP contribution in [0.25, 0.3) is 0 Å². The number of carbonyl (C=O) groups is 2. The Bertz CT molecular complexity index is 493. The molecule has 1 unspecified atom stereocenters.